The summed E-state index contributed by atoms with van der Waals surface area (Å²) in [5, 5.41) is 12.1. The number of thiophene rings is 1. The monoisotopic (exact) mass is 251 g/mol. The van der Waals surface area contributed by atoms with Gasteiger partial charge in [0.1, 0.15) is 0 Å². The highest BCUT2D eigenvalue weighted by atomic mass is 32.1. The molecule has 17 heavy (non-hydrogen) atoms. The van der Waals surface area contributed by atoms with Crippen molar-refractivity contribution in [2.24, 2.45) is 0 Å². The van der Waals surface area contributed by atoms with Crippen molar-refractivity contribution in [2.45, 2.75) is 51.2 Å². The Kier molecular flexibility index (Phi) is 3.50. The molecule has 1 aliphatic heterocycles. The van der Waals surface area contributed by atoms with E-state index in [1.807, 2.05) is 11.3 Å². The number of aliphatic hydroxyl groups is 1. The van der Waals surface area contributed by atoms with Crippen LogP contribution in [-0.2, 0) is 19.4 Å². The Balaban J connectivity index is 1.70. The number of nitrogens with zero attached hydrogens (tertiary/aromatic N) is 1. The maximum Gasteiger partial charge on any atom is 0.0667 e. The molecule has 3 rings (SSSR count). The van der Waals surface area contributed by atoms with Gasteiger partial charge in [-0.2, -0.15) is 0 Å². The number of piperidine rings is 1. The second kappa shape index (κ2) is 5.09. The van der Waals surface area contributed by atoms with Gasteiger partial charge in [-0.15, -0.1) is 11.3 Å². The Morgan fingerprint density at radius 3 is 3.06 bits per heavy atom. The molecular weight excluding hydrogens is 230 g/mol. The van der Waals surface area contributed by atoms with Gasteiger partial charge in [-0.3, -0.25) is 4.90 Å². The molecule has 1 saturated heterocycles. The van der Waals surface area contributed by atoms with E-state index < -0.39 is 0 Å². The normalized spacial score (nSPS) is 25.8. The highest BCUT2D eigenvalue weighted by molar-refractivity contribution is 7.10. The topological polar surface area (TPSA) is 23.5 Å². The van der Waals surface area contributed by atoms with Crippen molar-refractivity contribution in [3.8, 4) is 0 Å². The first-order valence-corrected chi connectivity index (χ1v) is 7.69. The van der Waals surface area contributed by atoms with Gasteiger partial charge in [0, 0.05) is 18.0 Å². The molecule has 0 unspecified atom stereocenters. The minimum atomic E-state index is -0.0989. The molecule has 0 amide bonds. The second-order valence-corrected chi connectivity index (χ2v) is 6.37. The maximum atomic E-state index is 9.71. The first-order valence-electron chi connectivity index (χ1n) is 6.81. The van der Waals surface area contributed by atoms with Crippen LogP contribution in [0.25, 0.3) is 0 Å². The van der Waals surface area contributed by atoms with E-state index >= 15 is 0 Å². The number of β-amino-alcohol motifs (C(OH)–C–C–N with tert-alkyl or cyclic N) is 1. The molecule has 1 atom stereocenters. The van der Waals surface area contributed by atoms with Gasteiger partial charge in [-0.1, -0.05) is 0 Å². The Labute approximate surface area is 107 Å². The van der Waals surface area contributed by atoms with Crippen LogP contribution in [0.3, 0.4) is 0 Å². The van der Waals surface area contributed by atoms with Crippen molar-refractivity contribution >= 4 is 11.3 Å². The zero-order valence-corrected chi connectivity index (χ0v) is 11.1. The van der Waals surface area contributed by atoms with Crippen LogP contribution in [0.1, 0.15) is 41.7 Å². The van der Waals surface area contributed by atoms with E-state index in [1.54, 1.807) is 16.0 Å². The molecule has 0 radical (unpaired) electrons. The number of fused-ring (bicyclic) bond motifs is 1. The Morgan fingerprint density at radius 1 is 1.29 bits per heavy atom. The number of rotatable bonds is 2. The lowest BCUT2D eigenvalue weighted by atomic mass is 9.95. The Bertz CT molecular complexity index is 388. The number of hydrogen-bond acceptors (Lipinski definition) is 3. The second-order valence-electron chi connectivity index (χ2n) is 5.40. The number of likely N-dealkylation sites (tertiary alicyclic amines) is 1. The lowest BCUT2D eigenvalue weighted by Gasteiger charge is -2.30. The zero-order valence-electron chi connectivity index (χ0n) is 10.3. The van der Waals surface area contributed by atoms with E-state index in [0.29, 0.717) is 0 Å². The molecule has 0 spiro atoms. The minimum Gasteiger partial charge on any atom is -0.392 e. The van der Waals surface area contributed by atoms with E-state index in [0.717, 1.165) is 32.5 Å². The zero-order chi connectivity index (χ0) is 11.7. The smallest absolute Gasteiger partial charge is 0.0667 e. The Hall–Kier alpha value is -0.380. The lowest BCUT2D eigenvalue weighted by Crippen LogP contribution is -2.37. The third-order valence-corrected chi connectivity index (χ3v) is 5.16. The fourth-order valence-electron chi connectivity index (χ4n) is 3.11. The SMILES string of the molecule is O[C@H]1CCCN(Cc2csc3c2CCCC3)C1. The van der Waals surface area contributed by atoms with E-state index in [1.165, 1.54) is 25.7 Å². The molecule has 2 nitrogen and oxygen atoms in total. The average molecular weight is 251 g/mol. The van der Waals surface area contributed by atoms with Gasteiger partial charge in [-0.25, -0.2) is 0 Å². The van der Waals surface area contributed by atoms with Gasteiger partial charge in [0.25, 0.3) is 0 Å². The summed E-state index contributed by atoms with van der Waals surface area (Å²) in [5.41, 5.74) is 3.18. The summed E-state index contributed by atoms with van der Waals surface area (Å²) in [5.74, 6) is 0. The highest BCUT2D eigenvalue weighted by Gasteiger charge is 2.21. The number of aryl methyl sites for hydroxylation is 1. The molecular formula is C14H21NOS. The van der Waals surface area contributed by atoms with Gasteiger partial charge >= 0.3 is 0 Å². The largest absolute Gasteiger partial charge is 0.392 e. The summed E-state index contributed by atoms with van der Waals surface area (Å²) in [4.78, 5) is 4.05. The van der Waals surface area contributed by atoms with Crippen molar-refractivity contribution in [3.63, 3.8) is 0 Å². The van der Waals surface area contributed by atoms with Gasteiger partial charge in [-0.05, 0) is 61.6 Å². The predicted molar refractivity (Wildman–Crippen MR) is 71.5 cm³/mol. The Morgan fingerprint density at radius 2 is 2.18 bits per heavy atom. The first-order chi connectivity index (χ1) is 8.33. The van der Waals surface area contributed by atoms with Gasteiger partial charge in [0.15, 0.2) is 0 Å². The van der Waals surface area contributed by atoms with Gasteiger partial charge in [0.05, 0.1) is 6.10 Å². The average Bonchev–Trinajstić information content (AvgIpc) is 2.73. The predicted octanol–water partition coefficient (Wildman–Crippen LogP) is 2.58. The van der Waals surface area contributed by atoms with Crippen LogP contribution in [0.4, 0.5) is 0 Å². The molecule has 1 N–H and O–H groups in total. The maximum absolute atomic E-state index is 9.71. The van der Waals surface area contributed by atoms with Crippen molar-refractivity contribution in [1.29, 1.82) is 0 Å². The van der Waals surface area contributed by atoms with Crippen LogP contribution in [0.5, 0.6) is 0 Å². The molecule has 2 heterocycles. The summed E-state index contributed by atoms with van der Waals surface area (Å²) in [6.45, 7) is 3.08. The van der Waals surface area contributed by atoms with Gasteiger partial charge in [0.2, 0.25) is 0 Å². The molecule has 0 saturated carbocycles. The van der Waals surface area contributed by atoms with Crippen molar-refractivity contribution in [3.05, 3.63) is 21.4 Å². The molecule has 0 aromatic carbocycles. The summed E-state index contributed by atoms with van der Waals surface area (Å²) in [6.07, 6.45) is 7.34. The highest BCUT2D eigenvalue weighted by Crippen LogP contribution is 2.31. The third-order valence-electron chi connectivity index (χ3n) is 4.02. The molecule has 1 aliphatic carbocycles. The fraction of sp³-hybridized carbons (Fsp3) is 0.714. The summed E-state index contributed by atoms with van der Waals surface area (Å²) >= 11 is 1.95. The molecule has 3 heteroatoms. The molecule has 1 aromatic heterocycles. The molecule has 2 aliphatic rings. The van der Waals surface area contributed by atoms with Crippen LogP contribution in [0.2, 0.25) is 0 Å². The standard InChI is InChI=1S/C14H21NOS/c16-12-4-3-7-15(9-12)8-11-10-17-14-6-2-1-5-13(11)14/h10,12,16H,1-9H2/t12-/m0/s1. The van der Waals surface area contributed by atoms with Crippen LogP contribution < -0.4 is 0 Å². The third kappa shape index (κ3) is 2.56. The summed E-state index contributed by atoms with van der Waals surface area (Å²) in [6, 6.07) is 0. The molecule has 1 fully saturated rings. The van der Waals surface area contributed by atoms with Crippen LogP contribution in [0, 0.1) is 0 Å². The van der Waals surface area contributed by atoms with Crippen molar-refractivity contribution < 1.29 is 5.11 Å². The fourth-order valence-corrected chi connectivity index (χ4v) is 4.25. The minimum absolute atomic E-state index is 0.0989. The van der Waals surface area contributed by atoms with Crippen molar-refractivity contribution in [1.82, 2.24) is 4.90 Å². The van der Waals surface area contributed by atoms with E-state index in [-0.39, 0.29) is 6.10 Å². The lowest BCUT2D eigenvalue weighted by molar-refractivity contribution is 0.0667. The quantitative estimate of drug-likeness (QED) is 0.873. The van der Waals surface area contributed by atoms with Crippen LogP contribution >= 0.6 is 11.3 Å². The van der Waals surface area contributed by atoms with Gasteiger partial charge < -0.3 is 5.11 Å². The number of hydrogen-bond donors (Lipinski definition) is 1. The summed E-state index contributed by atoms with van der Waals surface area (Å²) < 4.78 is 0. The first kappa shape index (κ1) is 11.7. The van der Waals surface area contributed by atoms with Crippen LogP contribution in [-0.4, -0.2) is 29.2 Å². The van der Waals surface area contributed by atoms with E-state index in [9.17, 15) is 5.11 Å². The molecule has 94 valence electrons. The van der Waals surface area contributed by atoms with Crippen molar-refractivity contribution in [2.75, 3.05) is 13.1 Å². The number of aliphatic hydroxyl groups excluding tert-OH is 1. The molecule has 1 aromatic rings. The van der Waals surface area contributed by atoms with E-state index in [4.69, 9.17) is 0 Å². The van der Waals surface area contributed by atoms with Crippen LogP contribution in [0.15, 0.2) is 5.38 Å². The summed E-state index contributed by atoms with van der Waals surface area (Å²) in [7, 11) is 0. The molecule has 0 bridgehead atoms. The van der Waals surface area contributed by atoms with E-state index in [2.05, 4.69) is 10.3 Å².